The summed E-state index contributed by atoms with van der Waals surface area (Å²) >= 11 is 1.71. The van der Waals surface area contributed by atoms with E-state index in [4.69, 9.17) is 5.73 Å². The lowest BCUT2D eigenvalue weighted by atomic mass is 9.94. The first-order valence-electron chi connectivity index (χ1n) is 7.10. The van der Waals surface area contributed by atoms with Crippen molar-refractivity contribution >= 4 is 32.4 Å². The molecular weight excluding hydrogens is 254 g/mol. The van der Waals surface area contributed by atoms with Crippen molar-refractivity contribution in [3.63, 3.8) is 0 Å². The van der Waals surface area contributed by atoms with Gasteiger partial charge in [0.25, 0.3) is 0 Å². The maximum Gasteiger partial charge on any atom is 0.184 e. The molecule has 3 rings (SSSR count). The first kappa shape index (κ1) is 12.7. The monoisotopic (exact) mass is 275 g/mol. The van der Waals surface area contributed by atoms with Crippen LogP contribution in [-0.2, 0) is 0 Å². The van der Waals surface area contributed by atoms with Crippen molar-refractivity contribution in [1.82, 2.24) is 4.98 Å². The van der Waals surface area contributed by atoms with E-state index >= 15 is 0 Å². The van der Waals surface area contributed by atoms with Gasteiger partial charge in [-0.05, 0) is 42.9 Å². The molecule has 1 aromatic carbocycles. The Bertz CT molecular complexity index is 578. The number of hydrogen-bond acceptors (Lipinski definition) is 4. The van der Waals surface area contributed by atoms with Crippen LogP contribution in [0.5, 0.6) is 0 Å². The molecule has 1 aliphatic carbocycles. The highest BCUT2D eigenvalue weighted by Crippen LogP contribution is 2.37. The number of nitrogens with zero attached hydrogens (tertiary/aromatic N) is 1. The average Bonchev–Trinajstić information content (AvgIpc) is 2.93. The molecule has 3 N–H and O–H groups in total. The Kier molecular flexibility index (Phi) is 3.35. The normalized spacial score (nSPS) is 26.9. The molecule has 1 aliphatic rings. The highest BCUT2D eigenvalue weighted by molar-refractivity contribution is 7.22. The van der Waals surface area contributed by atoms with E-state index in [1.165, 1.54) is 24.0 Å². The lowest BCUT2D eigenvalue weighted by molar-refractivity contribution is 0.392. The van der Waals surface area contributed by atoms with Gasteiger partial charge in [0.2, 0.25) is 0 Å². The Balaban J connectivity index is 1.78. The highest BCUT2D eigenvalue weighted by Gasteiger charge is 2.31. The second kappa shape index (κ2) is 5.00. The fraction of sp³-hybridized carbons (Fsp3) is 0.533. The number of benzene rings is 1. The summed E-state index contributed by atoms with van der Waals surface area (Å²) in [7, 11) is 0. The molecule has 0 spiro atoms. The molecule has 0 saturated heterocycles. The molecule has 19 heavy (non-hydrogen) atoms. The first-order valence-corrected chi connectivity index (χ1v) is 7.91. The van der Waals surface area contributed by atoms with Crippen LogP contribution in [0, 0.1) is 11.8 Å². The van der Waals surface area contributed by atoms with Gasteiger partial charge in [-0.1, -0.05) is 31.6 Å². The smallest absolute Gasteiger partial charge is 0.184 e. The molecule has 3 atom stereocenters. The number of aromatic nitrogens is 1. The minimum atomic E-state index is 0.572. The molecule has 0 bridgehead atoms. The minimum absolute atomic E-state index is 0.572. The third-order valence-corrected chi connectivity index (χ3v) is 5.42. The van der Waals surface area contributed by atoms with Crippen LogP contribution in [0.15, 0.2) is 18.2 Å². The standard InChI is InChI=1S/C15H21N3S/c1-3-10-4-6-12(9(10)2)17-15-18-13-7-5-11(16)8-14(13)19-15/h5,7-10,12H,3-4,6,16H2,1-2H3,(H,17,18). The summed E-state index contributed by atoms with van der Waals surface area (Å²) in [5, 5.41) is 4.67. The molecule has 102 valence electrons. The van der Waals surface area contributed by atoms with E-state index in [2.05, 4.69) is 24.1 Å². The van der Waals surface area contributed by atoms with Crippen LogP contribution in [0.2, 0.25) is 0 Å². The number of nitrogens with two attached hydrogens (primary N) is 1. The number of fused-ring (bicyclic) bond motifs is 1. The van der Waals surface area contributed by atoms with Crippen molar-refractivity contribution in [3.05, 3.63) is 18.2 Å². The van der Waals surface area contributed by atoms with Crippen LogP contribution in [0.25, 0.3) is 10.2 Å². The second-order valence-electron chi connectivity index (χ2n) is 5.60. The van der Waals surface area contributed by atoms with E-state index in [0.29, 0.717) is 6.04 Å². The van der Waals surface area contributed by atoms with Gasteiger partial charge in [0.05, 0.1) is 10.2 Å². The van der Waals surface area contributed by atoms with Gasteiger partial charge < -0.3 is 11.1 Å². The van der Waals surface area contributed by atoms with E-state index in [0.717, 1.165) is 28.2 Å². The highest BCUT2D eigenvalue weighted by atomic mass is 32.1. The molecule has 1 fully saturated rings. The van der Waals surface area contributed by atoms with Crippen LogP contribution < -0.4 is 11.1 Å². The third-order valence-electron chi connectivity index (χ3n) is 4.47. The van der Waals surface area contributed by atoms with E-state index in [-0.39, 0.29) is 0 Å². The maximum atomic E-state index is 5.81. The van der Waals surface area contributed by atoms with Crippen LogP contribution in [0.1, 0.15) is 33.1 Å². The van der Waals surface area contributed by atoms with E-state index in [1.807, 2.05) is 18.2 Å². The van der Waals surface area contributed by atoms with E-state index in [9.17, 15) is 0 Å². The van der Waals surface area contributed by atoms with Crippen molar-refractivity contribution in [3.8, 4) is 0 Å². The molecule has 0 amide bonds. The molecule has 1 heterocycles. The van der Waals surface area contributed by atoms with E-state index in [1.54, 1.807) is 11.3 Å². The van der Waals surface area contributed by atoms with Crippen molar-refractivity contribution in [2.24, 2.45) is 11.8 Å². The third kappa shape index (κ3) is 2.41. The zero-order valence-electron chi connectivity index (χ0n) is 11.5. The fourth-order valence-electron chi connectivity index (χ4n) is 3.19. The van der Waals surface area contributed by atoms with Crippen LogP contribution in [-0.4, -0.2) is 11.0 Å². The fourth-order valence-corrected chi connectivity index (χ4v) is 4.16. The Morgan fingerprint density at radius 3 is 3.00 bits per heavy atom. The number of anilines is 2. The summed E-state index contributed by atoms with van der Waals surface area (Å²) in [6.45, 7) is 4.66. The zero-order chi connectivity index (χ0) is 13.4. The van der Waals surface area contributed by atoms with Crippen molar-refractivity contribution in [2.45, 2.75) is 39.2 Å². The summed E-state index contributed by atoms with van der Waals surface area (Å²) in [5.41, 5.74) is 7.66. The molecule has 2 aromatic rings. The first-order chi connectivity index (χ1) is 9.17. The van der Waals surface area contributed by atoms with E-state index < -0.39 is 0 Å². The zero-order valence-corrected chi connectivity index (χ0v) is 12.3. The topological polar surface area (TPSA) is 50.9 Å². The van der Waals surface area contributed by atoms with Crippen LogP contribution in [0.4, 0.5) is 10.8 Å². The summed E-state index contributed by atoms with van der Waals surface area (Å²) in [4.78, 5) is 4.65. The van der Waals surface area contributed by atoms with Gasteiger partial charge in [-0.25, -0.2) is 4.98 Å². The van der Waals surface area contributed by atoms with Crippen LogP contribution >= 0.6 is 11.3 Å². The lowest BCUT2D eigenvalue weighted by Gasteiger charge is -2.20. The number of nitrogens with one attached hydrogen (secondary N) is 1. The van der Waals surface area contributed by atoms with Crippen LogP contribution in [0.3, 0.4) is 0 Å². The van der Waals surface area contributed by atoms with Gasteiger partial charge in [0.1, 0.15) is 0 Å². The maximum absolute atomic E-state index is 5.81. The molecule has 0 aliphatic heterocycles. The minimum Gasteiger partial charge on any atom is -0.399 e. The van der Waals surface area contributed by atoms with Crippen molar-refractivity contribution < 1.29 is 0 Å². The largest absolute Gasteiger partial charge is 0.399 e. The summed E-state index contributed by atoms with van der Waals surface area (Å²) in [5.74, 6) is 1.60. The van der Waals surface area contributed by atoms with Gasteiger partial charge in [-0.3, -0.25) is 0 Å². The molecule has 1 saturated carbocycles. The number of nitrogen functional groups attached to an aromatic ring is 1. The summed E-state index contributed by atoms with van der Waals surface area (Å²) in [6, 6.07) is 6.49. The Hall–Kier alpha value is -1.29. The molecule has 3 nitrogen and oxygen atoms in total. The average molecular weight is 275 g/mol. The van der Waals surface area contributed by atoms with Crippen molar-refractivity contribution in [2.75, 3.05) is 11.1 Å². The lowest BCUT2D eigenvalue weighted by Crippen LogP contribution is -2.24. The Morgan fingerprint density at radius 2 is 2.26 bits per heavy atom. The van der Waals surface area contributed by atoms with Crippen molar-refractivity contribution in [1.29, 1.82) is 0 Å². The predicted octanol–water partition coefficient (Wildman–Crippen LogP) is 4.12. The number of rotatable bonds is 3. The van der Waals surface area contributed by atoms with Gasteiger partial charge >= 0.3 is 0 Å². The predicted molar refractivity (Wildman–Crippen MR) is 83.6 cm³/mol. The quantitative estimate of drug-likeness (QED) is 0.829. The van der Waals surface area contributed by atoms with Gasteiger partial charge in [-0.15, -0.1) is 0 Å². The number of thiazole rings is 1. The molecular formula is C15H21N3S. The second-order valence-corrected chi connectivity index (χ2v) is 6.63. The Morgan fingerprint density at radius 1 is 1.42 bits per heavy atom. The molecule has 4 heteroatoms. The summed E-state index contributed by atoms with van der Waals surface area (Å²) < 4.78 is 1.17. The molecule has 0 radical (unpaired) electrons. The van der Waals surface area contributed by atoms with Gasteiger partial charge in [0.15, 0.2) is 5.13 Å². The van der Waals surface area contributed by atoms with Gasteiger partial charge in [0, 0.05) is 11.7 Å². The SMILES string of the molecule is CCC1CCC(Nc2nc3ccc(N)cc3s2)C1C. The molecule has 1 aromatic heterocycles. The summed E-state index contributed by atoms with van der Waals surface area (Å²) in [6.07, 6.45) is 3.89. The number of hydrogen-bond donors (Lipinski definition) is 2. The Labute approximate surface area is 118 Å². The van der Waals surface area contributed by atoms with Gasteiger partial charge in [-0.2, -0.15) is 0 Å². The molecule has 3 unspecified atom stereocenters.